The molecule has 1 aliphatic carbocycles. The van der Waals surface area contributed by atoms with Gasteiger partial charge in [-0.25, -0.2) is 0 Å². The molecule has 2 fully saturated rings. The molecule has 0 atom stereocenters. The fourth-order valence-corrected chi connectivity index (χ4v) is 3.08. The third-order valence-corrected chi connectivity index (χ3v) is 5.02. The Morgan fingerprint density at radius 3 is 2.38 bits per heavy atom. The van der Waals surface area contributed by atoms with Crippen LogP contribution >= 0.6 is 0 Å². The van der Waals surface area contributed by atoms with E-state index in [1.807, 2.05) is 24.3 Å². The Morgan fingerprint density at radius 2 is 1.81 bits per heavy atom. The molecule has 21 heavy (non-hydrogen) atoms. The number of carbonyl (C=O) groups is 1. The summed E-state index contributed by atoms with van der Waals surface area (Å²) in [6, 6.07) is 7.72. The molecule has 0 spiro atoms. The summed E-state index contributed by atoms with van der Waals surface area (Å²) < 4.78 is 5.41. The number of carbonyl (C=O) groups excluding carboxylic acids is 1. The van der Waals surface area contributed by atoms with E-state index < -0.39 is 0 Å². The summed E-state index contributed by atoms with van der Waals surface area (Å²) in [6.45, 7) is 4.58. The smallest absolute Gasteiger partial charge is 0.230 e. The Hall–Kier alpha value is -1.55. The molecule has 1 heterocycles. The average molecular weight is 288 g/mol. The fraction of sp³-hybridized carbons (Fsp3) is 0.588. The number of amides is 1. The van der Waals surface area contributed by atoms with Gasteiger partial charge in [0.2, 0.25) is 5.91 Å². The number of ether oxygens (including phenoxy) is 1. The van der Waals surface area contributed by atoms with Crippen LogP contribution in [0.4, 0.5) is 5.69 Å². The lowest BCUT2D eigenvalue weighted by Crippen LogP contribution is -2.43. The maximum Gasteiger partial charge on any atom is 0.230 e. The number of nitrogen functional groups attached to an aromatic ring is 1. The zero-order chi connectivity index (χ0) is 14.9. The maximum absolute atomic E-state index is 12.6. The number of rotatable bonds is 4. The van der Waals surface area contributed by atoms with Crippen LogP contribution in [0.15, 0.2) is 24.3 Å². The van der Waals surface area contributed by atoms with Crippen molar-refractivity contribution < 1.29 is 9.53 Å². The van der Waals surface area contributed by atoms with E-state index in [0.717, 1.165) is 56.7 Å². The minimum atomic E-state index is -0.310. The molecular formula is C17H24N2O2. The molecule has 1 aromatic carbocycles. The molecule has 1 aliphatic heterocycles. The molecule has 0 aromatic heterocycles. The van der Waals surface area contributed by atoms with Crippen molar-refractivity contribution >= 4 is 11.6 Å². The van der Waals surface area contributed by atoms with Gasteiger partial charge in [0.25, 0.3) is 0 Å². The Morgan fingerprint density at radius 1 is 1.19 bits per heavy atom. The van der Waals surface area contributed by atoms with Gasteiger partial charge in [0, 0.05) is 25.4 Å². The van der Waals surface area contributed by atoms with Crippen LogP contribution in [0.2, 0.25) is 0 Å². The summed E-state index contributed by atoms with van der Waals surface area (Å²) in [6.07, 6.45) is 3.90. The first-order valence-corrected chi connectivity index (χ1v) is 7.76. The first kappa shape index (κ1) is 14.4. The van der Waals surface area contributed by atoms with Crippen molar-refractivity contribution in [3.05, 3.63) is 29.8 Å². The van der Waals surface area contributed by atoms with E-state index in [9.17, 15) is 4.79 Å². The first-order chi connectivity index (χ1) is 10.0. The van der Waals surface area contributed by atoms with E-state index in [1.165, 1.54) is 0 Å². The van der Waals surface area contributed by atoms with Crippen LogP contribution in [0.3, 0.4) is 0 Å². The van der Waals surface area contributed by atoms with E-state index in [2.05, 4.69) is 12.2 Å². The van der Waals surface area contributed by atoms with E-state index in [0.29, 0.717) is 0 Å². The Balaban J connectivity index is 1.63. The first-order valence-electron chi connectivity index (χ1n) is 7.76. The standard InChI is InChI=1S/C17H24N2O2/c1-16(8-10-21-11-9-16)12-19-15(20)17(6-7-17)13-2-4-14(18)5-3-13/h2-5H,6-12,18H2,1H3,(H,19,20). The summed E-state index contributed by atoms with van der Waals surface area (Å²) in [5, 5.41) is 3.18. The molecule has 1 saturated heterocycles. The molecule has 3 N–H and O–H groups in total. The Bertz CT molecular complexity index is 514. The van der Waals surface area contributed by atoms with Crippen molar-refractivity contribution in [1.29, 1.82) is 0 Å². The molecule has 3 rings (SSSR count). The van der Waals surface area contributed by atoms with Crippen molar-refractivity contribution in [2.24, 2.45) is 5.41 Å². The predicted molar refractivity (Wildman–Crippen MR) is 82.9 cm³/mol. The van der Waals surface area contributed by atoms with Crippen LogP contribution in [0.25, 0.3) is 0 Å². The van der Waals surface area contributed by atoms with Crippen molar-refractivity contribution in [3.8, 4) is 0 Å². The van der Waals surface area contributed by atoms with Crippen LogP contribution in [0, 0.1) is 5.41 Å². The fourth-order valence-electron chi connectivity index (χ4n) is 3.08. The van der Waals surface area contributed by atoms with Gasteiger partial charge in [0.05, 0.1) is 5.41 Å². The second-order valence-electron chi connectivity index (χ2n) is 6.81. The minimum absolute atomic E-state index is 0.167. The van der Waals surface area contributed by atoms with Gasteiger partial charge in [-0.2, -0.15) is 0 Å². The number of hydrogen-bond acceptors (Lipinski definition) is 3. The van der Waals surface area contributed by atoms with Crippen LogP contribution in [0.5, 0.6) is 0 Å². The molecule has 4 heteroatoms. The molecule has 0 unspecified atom stereocenters. The van der Waals surface area contributed by atoms with Crippen LogP contribution < -0.4 is 11.1 Å². The van der Waals surface area contributed by atoms with Gasteiger partial charge in [0.1, 0.15) is 0 Å². The highest BCUT2D eigenvalue weighted by molar-refractivity contribution is 5.91. The highest BCUT2D eigenvalue weighted by atomic mass is 16.5. The molecule has 0 bridgehead atoms. The minimum Gasteiger partial charge on any atom is -0.399 e. The van der Waals surface area contributed by atoms with E-state index in [1.54, 1.807) is 0 Å². The molecular weight excluding hydrogens is 264 g/mol. The SMILES string of the molecule is CC1(CNC(=O)C2(c3ccc(N)cc3)CC2)CCOCC1. The lowest BCUT2D eigenvalue weighted by atomic mass is 9.82. The van der Waals surface area contributed by atoms with Crippen molar-refractivity contribution in [2.45, 2.75) is 38.0 Å². The molecule has 2 aliphatic rings. The highest BCUT2D eigenvalue weighted by Gasteiger charge is 2.51. The number of benzene rings is 1. The second kappa shape index (κ2) is 5.34. The van der Waals surface area contributed by atoms with Gasteiger partial charge in [-0.1, -0.05) is 19.1 Å². The van der Waals surface area contributed by atoms with E-state index >= 15 is 0 Å². The normalized spacial score (nSPS) is 22.5. The molecule has 0 radical (unpaired) electrons. The number of nitrogens with two attached hydrogens (primary N) is 1. The van der Waals surface area contributed by atoms with Gasteiger partial charge in [0.15, 0.2) is 0 Å². The maximum atomic E-state index is 12.6. The number of anilines is 1. The van der Waals surface area contributed by atoms with Crippen LogP contribution in [-0.2, 0) is 14.9 Å². The zero-order valence-corrected chi connectivity index (χ0v) is 12.7. The lowest BCUT2D eigenvalue weighted by molar-refractivity contribution is -0.124. The van der Waals surface area contributed by atoms with Gasteiger partial charge in [-0.05, 0) is 48.8 Å². The molecule has 1 aromatic rings. The average Bonchev–Trinajstić information content (AvgIpc) is 3.28. The van der Waals surface area contributed by atoms with Crippen molar-refractivity contribution in [2.75, 3.05) is 25.5 Å². The van der Waals surface area contributed by atoms with Gasteiger partial charge < -0.3 is 15.8 Å². The van der Waals surface area contributed by atoms with E-state index in [-0.39, 0.29) is 16.7 Å². The van der Waals surface area contributed by atoms with Crippen LogP contribution in [-0.4, -0.2) is 25.7 Å². The summed E-state index contributed by atoms with van der Waals surface area (Å²) >= 11 is 0. The molecule has 1 amide bonds. The number of hydrogen-bond donors (Lipinski definition) is 2. The van der Waals surface area contributed by atoms with Gasteiger partial charge in [-0.15, -0.1) is 0 Å². The molecule has 4 nitrogen and oxygen atoms in total. The molecule has 114 valence electrons. The van der Waals surface area contributed by atoms with Gasteiger partial charge in [-0.3, -0.25) is 4.79 Å². The summed E-state index contributed by atoms with van der Waals surface area (Å²) in [7, 11) is 0. The third-order valence-electron chi connectivity index (χ3n) is 5.02. The van der Waals surface area contributed by atoms with E-state index in [4.69, 9.17) is 10.5 Å². The number of nitrogens with one attached hydrogen (secondary N) is 1. The largest absolute Gasteiger partial charge is 0.399 e. The lowest BCUT2D eigenvalue weighted by Gasteiger charge is -2.34. The Labute approximate surface area is 126 Å². The zero-order valence-electron chi connectivity index (χ0n) is 12.7. The topological polar surface area (TPSA) is 64.4 Å². The summed E-state index contributed by atoms with van der Waals surface area (Å²) in [4.78, 5) is 12.6. The second-order valence-corrected chi connectivity index (χ2v) is 6.81. The molecule has 1 saturated carbocycles. The van der Waals surface area contributed by atoms with Crippen LogP contribution in [0.1, 0.15) is 38.2 Å². The summed E-state index contributed by atoms with van der Waals surface area (Å²) in [5.74, 6) is 0.167. The Kier molecular flexibility index (Phi) is 3.66. The summed E-state index contributed by atoms with van der Waals surface area (Å²) in [5.41, 5.74) is 7.42. The quantitative estimate of drug-likeness (QED) is 0.835. The third kappa shape index (κ3) is 2.91. The van der Waals surface area contributed by atoms with Crippen molar-refractivity contribution in [3.63, 3.8) is 0 Å². The monoisotopic (exact) mass is 288 g/mol. The van der Waals surface area contributed by atoms with Crippen molar-refractivity contribution in [1.82, 2.24) is 5.32 Å². The predicted octanol–water partition coefficient (Wildman–Crippen LogP) is 2.23. The van der Waals surface area contributed by atoms with Gasteiger partial charge >= 0.3 is 0 Å². The highest BCUT2D eigenvalue weighted by Crippen LogP contribution is 2.48.